The fourth-order valence-corrected chi connectivity index (χ4v) is 5.15. The Balaban J connectivity index is 1.25. The van der Waals surface area contributed by atoms with Crippen molar-refractivity contribution in [2.24, 2.45) is 0 Å². The van der Waals surface area contributed by atoms with Gasteiger partial charge < -0.3 is 9.73 Å². The predicted octanol–water partition coefficient (Wildman–Crippen LogP) is 9.82. The molecule has 0 saturated carbocycles. The number of anilines is 2. The number of hydrogen-bond donors (Lipinski definition) is 1. The summed E-state index contributed by atoms with van der Waals surface area (Å²) in [5, 5.41) is 8.45. The lowest BCUT2D eigenvalue weighted by Gasteiger charge is -2.14. The van der Waals surface area contributed by atoms with Crippen LogP contribution in [0.15, 0.2) is 138 Å². The minimum absolute atomic E-state index is 0.920. The lowest BCUT2D eigenvalue weighted by atomic mass is 9.97. The molecule has 2 heteroatoms. The van der Waals surface area contributed by atoms with Gasteiger partial charge in [0.25, 0.3) is 0 Å². The van der Waals surface area contributed by atoms with Crippen molar-refractivity contribution >= 4 is 44.1 Å². The first-order valence-corrected chi connectivity index (χ1v) is 12.2. The summed E-state index contributed by atoms with van der Waals surface area (Å²) in [4.78, 5) is 0. The Morgan fingerprint density at radius 1 is 0.444 bits per heavy atom. The molecule has 7 rings (SSSR count). The Morgan fingerprint density at radius 3 is 2.00 bits per heavy atom. The second-order valence-electron chi connectivity index (χ2n) is 9.06. The van der Waals surface area contributed by atoms with Crippen molar-refractivity contribution in [2.45, 2.75) is 0 Å². The first-order valence-electron chi connectivity index (χ1n) is 12.2. The molecule has 1 aromatic heterocycles. The van der Waals surface area contributed by atoms with Crippen LogP contribution in [-0.4, -0.2) is 0 Å². The van der Waals surface area contributed by atoms with E-state index >= 15 is 0 Å². The lowest BCUT2D eigenvalue weighted by molar-refractivity contribution is 0.670. The quantitative estimate of drug-likeness (QED) is 0.282. The normalized spacial score (nSPS) is 11.3. The standard InChI is InChI=1S/C34H23NO/c1-2-11-26-23(9-1)10-7-15-28(26)29-12-3-5-17-32(29)35-25-21-19-24(20-22-25)27-14-8-16-31-30-13-4-6-18-33(30)36-34(27)31/h1-22,35H. The number of hydrogen-bond acceptors (Lipinski definition) is 2. The van der Waals surface area contributed by atoms with Crippen LogP contribution in [0.1, 0.15) is 0 Å². The third-order valence-corrected chi connectivity index (χ3v) is 6.89. The number of benzene rings is 6. The second-order valence-corrected chi connectivity index (χ2v) is 9.06. The number of furan rings is 1. The van der Waals surface area contributed by atoms with E-state index in [9.17, 15) is 0 Å². The molecular formula is C34H23NO. The molecule has 2 nitrogen and oxygen atoms in total. The molecule has 36 heavy (non-hydrogen) atoms. The molecule has 1 heterocycles. The monoisotopic (exact) mass is 461 g/mol. The van der Waals surface area contributed by atoms with E-state index < -0.39 is 0 Å². The minimum Gasteiger partial charge on any atom is -0.455 e. The van der Waals surface area contributed by atoms with Crippen molar-refractivity contribution in [1.29, 1.82) is 0 Å². The molecule has 170 valence electrons. The van der Waals surface area contributed by atoms with Gasteiger partial charge in [-0.25, -0.2) is 0 Å². The molecule has 0 aliphatic carbocycles. The average molecular weight is 462 g/mol. The Labute approximate surface area is 209 Å². The van der Waals surface area contributed by atoms with Crippen LogP contribution in [0.3, 0.4) is 0 Å². The van der Waals surface area contributed by atoms with Gasteiger partial charge in [-0.1, -0.05) is 109 Å². The van der Waals surface area contributed by atoms with Gasteiger partial charge in [0.1, 0.15) is 11.2 Å². The van der Waals surface area contributed by atoms with Crippen molar-refractivity contribution in [1.82, 2.24) is 0 Å². The molecule has 7 aromatic rings. The summed E-state index contributed by atoms with van der Waals surface area (Å²) in [6.45, 7) is 0. The van der Waals surface area contributed by atoms with Crippen molar-refractivity contribution in [3.8, 4) is 22.3 Å². The van der Waals surface area contributed by atoms with Gasteiger partial charge in [0.05, 0.1) is 0 Å². The molecule has 0 radical (unpaired) electrons. The van der Waals surface area contributed by atoms with E-state index in [-0.39, 0.29) is 0 Å². The molecular weight excluding hydrogens is 438 g/mol. The summed E-state index contributed by atoms with van der Waals surface area (Å²) in [7, 11) is 0. The van der Waals surface area contributed by atoms with Crippen molar-refractivity contribution in [3.63, 3.8) is 0 Å². The molecule has 0 unspecified atom stereocenters. The average Bonchev–Trinajstić information content (AvgIpc) is 3.33. The summed E-state index contributed by atoms with van der Waals surface area (Å²) >= 11 is 0. The Morgan fingerprint density at radius 2 is 1.08 bits per heavy atom. The van der Waals surface area contributed by atoms with Crippen LogP contribution in [0.4, 0.5) is 11.4 Å². The van der Waals surface area contributed by atoms with E-state index in [2.05, 4.69) is 127 Å². The molecule has 0 bridgehead atoms. The minimum atomic E-state index is 0.920. The third-order valence-electron chi connectivity index (χ3n) is 6.89. The largest absolute Gasteiger partial charge is 0.455 e. The van der Waals surface area contributed by atoms with Crippen LogP contribution in [0.5, 0.6) is 0 Å². The fraction of sp³-hybridized carbons (Fsp3) is 0. The van der Waals surface area contributed by atoms with Gasteiger partial charge in [-0.3, -0.25) is 0 Å². The van der Waals surface area contributed by atoms with E-state index in [4.69, 9.17) is 4.42 Å². The molecule has 0 aliphatic heterocycles. The zero-order valence-electron chi connectivity index (χ0n) is 19.6. The highest BCUT2D eigenvalue weighted by Crippen LogP contribution is 2.37. The number of fused-ring (bicyclic) bond motifs is 4. The first-order chi connectivity index (χ1) is 17.8. The molecule has 0 atom stereocenters. The van der Waals surface area contributed by atoms with E-state index in [0.717, 1.165) is 44.4 Å². The number of nitrogens with one attached hydrogen (secondary N) is 1. The van der Waals surface area contributed by atoms with E-state index in [1.807, 2.05) is 12.1 Å². The zero-order valence-corrected chi connectivity index (χ0v) is 19.6. The lowest BCUT2D eigenvalue weighted by Crippen LogP contribution is -1.94. The molecule has 0 saturated heterocycles. The summed E-state index contributed by atoms with van der Waals surface area (Å²) < 4.78 is 6.25. The summed E-state index contributed by atoms with van der Waals surface area (Å²) in [5.41, 5.74) is 8.63. The van der Waals surface area contributed by atoms with Gasteiger partial charge >= 0.3 is 0 Å². The second kappa shape index (κ2) is 8.44. The maximum Gasteiger partial charge on any atom is 0.143 e. The van der Waals surface area contributed by atoms with Gasteiger partial charge in [0.2, 0.25) is 0 Å². The van der Waals surface area contributed by atoms with Crippen LogP contribution in [-0.2, 0) is 0 Å². The van der Waals surface area contributed by atoms with Crippen LogP contribution in [0.2, 0.25) is 0 Å². The maximum atomic E-state index is 6.25. The van der Waals surface area contributed by atoms with E-state index in [1.165, 1.54) is 21.9 Å². The van der Waals surface area contributed by atoms with Crippen LogP contribution >= 0.6 is 0 Å². The summed E-state index contributed by atoms with van der Waals surface area (Å²) in [5.74, 6) is 0. The third kappa shape index (κ3) is 3.43. The fourth-order valence-electron chi connectivity index (χ4n) is 5.15. The van der Waals surface area contributed by atoms with Crippen LogP contribution < -0.4 is 5.32 Å². The predicted molar refractivity (Wildman–Crippen MR) is 152 cm³/mol. The van der Waals surface area contributed by atoms with E-state index in [0.29, 0.717) is 0 Å². The molecule has 0 spiro atoms. The number of rotatable bonds is 4. The van der Waals surface area contributed by atoms with Crippen molar-refractivity contribution in [2.75, 3.05) is 5.32 Å². The van der Waals surface area contributed by atoms with Gasteiger partial charge in [-0.05, 0) is 46.2 Å². The van der Waals surface area contributed by atoms with Gasteiger partial charge in [0.15, 0.2) is 0 Å². The topological polar surface area (TPSA) is 25.2 Å². The smallest absolute Gasteiger partial charge is 0.143 e. The molecule has 0 amide bonds. The van der Waals surface area contributed by atoms with Gasteiger partial charge in [-0.15, -0.1) is 0 Å². The zero-order chi connectivity index (χ0) is 23.9. The van der Waals surface area contributed by atoms with E-state index in [1.54, 1.807) is 0 Å². The molecule has 1 N–H and O–H groups in total. The van der Waals surface area contributed by atoms with Gasteiger partial charge in [0, 0.05) is 33.3 Å². The summed E-state index contributed by atoms with van der Waals surface area (Å²) in [6, 6.07) is 46.7. The number of para-hydroxylation sites is 3. The molecule has 0 fully saturated rings. The van der Waals surface area contributed by atoms with Gasteiger partial charge in [-0.2, -0.15) is 0 Å². The van der Waals surface area contributed by atoms with Crippen LogP contribution in [0, 0.1) is 0 Å². The summed E-state index contributed by atoms with van der Waals surface area (Å²) in [6.07, 6.45) is 0. The highest BCUT2D eigenvalue weighted by molar-refractivity contribution is 6.09. The Kier molecular flexibility index (Phi) is 4.82. The van der Waals surface area contributed by atoms with Crippen LogP contribution in [0.25, 0.3) is 55.0 Å². The highest BCUT2D eigenvalue weighted by atomic mass is 16.3. The Bertz CT molecular complexity index is 1860. The van der Waals surface area contributed by atoms with Crippen molar-refractivity contribution in [3.05, 3.63) is 133 Å². The maximum absolute atomic E-state index is 6.25. The molecule has 6 aromatic carbocycles. The SMILES string of the molecule is c1ccc(-c2cccc3ccccc23)c(Nc2ccc(-c3cccc4c3oc3ccccc34)cc2)c1. The molecule has 0 aliphatic rings. The van der Waals surface area contributed by atoms with Crippen molar-refractivity contribution < 1.29 is 4.42 Å². The Hall–Kier alpha value is -4.82. The highest BCUT2D eigenvalue weighted by Gasteiger charge is 2.12. The first kappa shape index (κ1) is 20.5.